The van der Waals surface area contributed by atoms with Gasteiger partial charge in [-0.25, -0.2) is 10.4 Å². The van der Waals surface area contributed by atoms with E-state index in [1.54, 1.807) is 12.3 Å². The van der Waals surface area contributed by atoms with Crippen molar-refractivity contribution in [3.05, 3.63) is 106 Å². The molecule has 7 nitrogen and oxygen atoms in total. The van der Waals surface area contributed by atoms with Gasteiger partial charge in [-0.15, -0.1) is 0 Å². The fourth-order valence-corrected chi connectivity index (χ4v) is 3.34. The van der Waals surface area contributed by atoms with Crippen LogP contribution in [0.15, 0.2) is 82.7 Å². The van der Waals surface area contributed by atoms with E-state index in [2.05, 4.69) is 20.5 Å². The maximum absolute atomic E-state index is 12.2. The summed E-state index contributed by atoms with van der Waals surface area (Å²) < 4.78 is 5.96. The van der Waals surface area contributed by atoms with Gasteiger partial charge in [-0.3, -0.25) is 9.59 Å². The third-order valence-electron chi connectivity index (χ3n) is 5.21. The number of hydrogen-bond acceptors (Lipinski definition) is 5. The van der Waals surface area contributed by atoms with Gasteiger partial charge in [0.2, 0.25) is 5.91 Å². The van der Waals surface area contributed by atoms with Gasteiger partial charge in [-0.2, -0.15) is 5.10 Å². The Kier molecular flexibility index (Phi) is 6.90. The minimum Gasteiger partial charge on any atom is -0.488 e. The average Bonchev–Trinajstić information content (AvgIpc) is 2.83. The maximum atomic E-state index is 12.2. The maximum Gasteiger partial charge on any atom is 0.270 e. The van der Waals surface area contributed by atoms with E-state index in [0.717, 1.165) is 16.7 Å². The van der Waals surface area contributed by atoms with Crippen molar-refractivity contribution in [2.24, 2.45) is 5.10 Å². The van der Waals surface area contributed by atoms with Crippen LogP contribution in [0.1, 0.15) is 28.8 Å². The van der Waals surface area contributed by atoms with Gasteiger partial charge in [0.15, 0.2) is 0 Å². The molecule has 1 amide bonds. The zero-order valence-corrected chi connectivity index (χ0v) is 18.2. The molecule has 0 atom stereocenters. The van der Waals surface area contributed by atoms with Crippen LogP contribution >= 0.6 is 0 Å². The second-order valence-electron chi connectivity index (χ2n) is 7.58. The number of H-pyrrole nitrogens is 1. The summed E-state index contributed by atoms with van der Waals surface area (Å²) in [6.07, 6.45) is 1.86. The third kappa shape index (κ3) is 5.71. The molecule has 1 heterocycles. The quantitative estimate of drug-likeness (QED) is 0.321. The number of aromatic nitrogens is 2. The largest absolute Gasteiger partial charge is 0.488 e. The van der Waals surface area contributed by atoms with Gasteiger partial charge in [-0.1, -0.05) is 48.5 Å². The van der Waals surface area contributed by atoms with Crippen LogP contribution in [0.25, 0.3) is 11.0 Å². The molecule has 2 N–H and O–H groups in total. The smallest absolute Gasteiger partial charge is 0.270 e. The number of para-hydroxylation sites is 3. The van der Waals surface area contributed by atoms with Crippen molar-refractivity contribution in [1.29, 1.82) is 0 Å². The zero-order valence-electron chi connectivity index (χ0n) is 18.2. The summed E-state index contributed by atoms with van der Waals surface area (Å²) in [5, 5.41) is 4.05. The van der Waals surface area contributed by atoms with Gasteiger partial charge < -0.3 is 9.72 Å². The Morgan fingerprint density at radius 1 is 1.06 bits per heavy atom. The fourth-order valence-electron chi connectivity index (χ4n) is 3.34. The van der Waals surface area contributed by atoms with Crippen LogP contribution in [0.4, 0.5) is 0 Å². The number of fused-ring (bicyclic) bond motifs is 1. The molecule has 0 saturated carbocycles. The highest BCUT2D eigenvalue weighted by atomic mass is 16.5. The van der Waals surface area contributed by atoms with E-state index in [1.807, 2.05) is 73.7 Å². The summed E-state index contributed by atoms with van der Waals surface area (Å²) in [4.78, 5) is 31.5. The Balaban J connectivity index is 1.34. The van der Waals surface area contributed by atoms with Crippen LogP contribution < -0.4 is 15.7 Å². The summed E-state index contributed by atoms with van der Waals surface area (Å²) in [5.41, 5.74) is 6.91. The molecule has 0 fully saturated rings. The van der Waals surface area contributed by atoms with Crippen molar-refractivity contribution >= 4 is 23.2 Å². The standard InChI is InChI=1S/C26H24N4O3/c1-18-8-2-3-10-20(18)17-33-24-13-7-4-9-19(24)16-27-30-25(31)15-14-23-26(32)29-22-12-6-5-11-21(22)28-23/h2-13,16H,14-15,17H2,1H3,(H,29,32)(H,30,31)/b27-16+. The number of ether oxygens (including phenoxy) is 1. The third-order valence-corrected chi connectivity index (χ3v) is 5.21. The molecule has 0 spiro atoms. The number of carbonyl (C=O) groups is 1. The Morgan fingerprint density at radius 2 is 1.82 bits per heavy atom. The number of amides is 1. The lowest BCUT2D eigenvalue weighted by Gasteiger charge is -2.10. The Bertz CT molecular complexity index is 1360. The van der Waals surface area contributed by atoms with Crippen LogP contribution in [0, 0.1) is 6.92 Å². The molecule has 0 aliphatic carbocycles. The summed E-state index contributed by atoms with van der Waals surface area (Å²) in [6.45, 7) is 2.49. The van der Waals surface area contributed by atoms with Crippen molar-refractivity contribution in [1.82, 2.24) is 15.4 Å². The van der Waals surface area contributed by atoms with Gasteiger partial charge in [0, 0.05) is 18.4 Å². The lowest BCUT2D eigenvalue weighted by molar-refractivity contribution is -0.121. The molecular formula is C26H24N4O3. The molecule has 3 aromatic carbocycles. The molecule has 0 aliphatic rings. The number of aryl methyl sites for hydroxylation is 2. The minimum absolute atomic E-state index is 0.0944. The summed E-state index contributed by atoms with van der Waals surface area (Å²) in [5.74, 6) is 0.365. The molecule has 7 heteroatoms. The van der Waals surface area contributed by atoms with Gasteiger partial charge >= 0.3 is 0 Å². The Morgan fingerprint density at radius 3 is 2.70 bits per heavy atom. The molecule has 0 bridgehead atoms. The topological polar surface area (TPSA) is 96.4 Å². The van der Waals surface area contributed by atoms with Gasteiger partial charge in [-0.05, 0) is 42.3 Å². The second kappa shape index (κ2) is 10.4. The normalized spacial score (nSPS) is 11.1. The van der Waals surface area contributed by atoms with Gasteiger partial charge in [0.05, 0.1) is 17.2 Å². The first-order valence-corrected chi connectivity index (χ1v) is 10.7. The first-order chi connectivity index (χ1) is 16.1. The van der Waals surface area contributed by atoms with E-state index in [1.165, 1.54) is 0 Å². The minimum atomic E-state index is -0.307. The van der Waals surface area contributed by atoms with E-state index in [4.69, 9.17) is 4.74 Å². The molecule has 4 aromatic rings. The molecular weight excluding hydrogens is 416 g/mol. The van der Waals surface area contributed by atoms with Gasteiger partial charge in [0.1, 0.15) is 18.1 Å². The highest BCUT2D eigenvalue weighted by molar-refractivity contribution is 5.85. The number of aromatic amines is 1. The summed E-state index contributed by atoms with van der Waals surface area (Å²) in [6, 6.07) is 22.8. The first-order valence-electron chi connectivity index (χ1n) is 10.7. The first kappa shape index (κ1) is 22.0. The molecule has 166 valence electrons. The molecule has 1 aromatic heterocycles. The van der Waals surface area contributed by atoms with E-state index in [0.29, 0.717) is 29.1 Å². The number of nitrogens with one attached hydrogen (secondary N) is 2. The number of carbonyl (C=O) groups excluding carboxylic acids is 1. The Labute approximate surface area is 191 Å². The fraction of sp³-hybridized carbons (Fsp3) is 0.154. The van der Waals surface area contributed by atoms with Crippen LogP contribution in [0.2, 0.25) is 0 Å². The predicted molar refractivity (Wildman–Crippen MR) is 128 cm³/mol. The zero-order chi connectivity index (χ0) is 23.0. The van der Waals surface area contributed by atoms with E-state index >= 15 is 0 Å². The highest BCUT2D eigenvalue weighted by Crippen LogP contribution is 2.18. The number of benzene rings is 3. The summed E-state index contributed by atoms with van der Waals surface area (Å²) in [7, 11) is 0. The van der Waals surface area contributed by atoms with Crippen molar-refractivity contribution in [2.75, 3.05) is 0 Å². The van der Waals surface area contributed by atoms with Crippen molar-refractivity contribution in [3.63, 3.8) is 0 Å². The Hall–Kier alpha value is -4.26. The number of hydrazone groups is 1. The predicted octanol–water partition coefficient (Wildman–Crippen LogP) is 3.89. The highest BCUT2D eigenvalue weighted by Gasteiger charge is 2.08. The SMILES string of the molecule is Cc1ccccc1COc1ccccc1/C=N/NC(=O)CCc1nc2ccccc2[nH]c1=O. The molecule has 0 radical (unpaired) electrons. The van der Waals surface area contributed by atoms with Crippen LogP contribution in [0.5, 0.6) is 5.75 Å². The second-order valence-corrected chi connectivity index (χ2v) is 7.58. The molecule has 4 rings (SSSR count). The molecule has 0 unspecified atom stereocenters. The number of hydrogen-bond donors (Lipinski definition) is 2. The molecule has 0 saturated heterocycles. The molecule has 0 aliphatic heterocycles. The number of rotatable bonds is 8. The van der Waals surface area contributed by atoms with Crippen LogP contribution in [0.3, 0.4) is 0 Å². The number of nitrogens with zero attached hydrogens (tertiary/aromatic N) is 2. The lowest BCUT2D eigenvalue weighted by atomic mass is 10.1. The molecule has 33 heavy (non-hydrogen) atoms. The average molecular weight is 441 g/mol. The van der Waals surface area contributed by atoms with Crippen molar-refractivity contribution < 1.29 is 9.53 Å². The van der Waals surface area contributed by atoms with Crippen LogP contribution in [-0.4, -0.2) is 22.1 Å². The van der Waals surface area contributed by atoms with Crippen molar-refractivity contribution in [3.8, 4) is 5.75 Å². The van der Waals surface area contributed by atoms with E-state index in [-0.39, 0.29) is 24.3 Å². The summed E-state index contributed by atoms with van der Waals surface area (Å²) >= 11 is 0. The van der Waals surface area contributed by atoms with Gasteiger partial charge in [0.25, 0.3) is 5.56 Å². The van der Waals surface area contributed by atoms with Crippen LogP contribution in [-0.2, 0) is 17.8 Å². The monoisotopic (exact) mass is 440 g/mol. The van der Waals surface area contributed by atoms with Crippen molar-refractivity contribution in [2.45, 2.75) is 26.4 Å². The van der Waals surface area contributed by atoms with E-state index < -0.39 is 0 Å². The lowest BCUT2D eigenvalue weighted by Crippen LogP contribution is -2.21. The van der Waals surface area contributed by atoms with E-state index in [9.17, 15) is 9.59 Å².